The van der Waals surface area contributed by atoms with Gasteiger partial charge in [-0.05, 0) is 30.3 Å². The number of ether oxygens (including phenoxy) is 1. The van der Waals surface area contributed by atoms with Gasteiger partial charge in [0.15, 0.2) is 0 Å². The van der Waals surface area contributed by atoms with E-state index in [4.69, 9.17) is 4.74 Å². The minimum absolute atomic E-state index is 0.762. The second kappa shape index (κ2) is 4.90. The smallest absolute Gasteiger partial charge is 0.119 e. The van der Waals surface area contributed by atoms with E-state index in [1.807, 2.05) is 48.5 Å². The third kappa shape index (κ3) is 2.15. The molecule has 1 heterocycles. The van der Waals surface area contributed by atoms with Gasteiger partial charge in [-0.2, -0.15) is 0 Å². The van der Waals surface area contributed by atoms with Crippen LogP contribution in [-0.4, -0.2) is 16.3 Å². The van der Waals surface area contributed by atoms with Crippen LogP contribution in [0.15, 0.2) is 64.5 Å². The number of methoxy groups -OCH3 is 1. The molecule has 1 unspecified atom stereocenters. The Hall–Kier alpha value is -2.07. The number of aromatic amines is 1. The molecule has 3 rings (SSSR count). The van der Waals surface area contributed by atoms with E-state index in [1.54, 1.807) is 13.3 Å². The molecule has 0 bridgehead atoms. The number of aromatic nitrogens is 1. The van der Waals surface area contributed by atoms with E-state index < -0.39 is 10.8 Å². The SMILES string of the molecule is COc1ccc2[nH]cc(S(=O)c3ccccc3)c2c1. The molecule has 0 saturated carbocycles. The second-order valence-corrected chi connectivity index (χ2v) is 5.59. The van der Waals surface area contributed by atoms with E-state index in [-0.39, 0.29) is 0 Å². The molecule has 1 atom stereocenters. The van der Waals surface area contributed by atoms with Crippen LogP contribution in [0.5, 0.6) is 5.75 Å². The van der Waals surface area contributed by atoms with Gasteiger partial charge >= 0.3 is 0 Å². The summed E-state index contributed by atoms with van der Waals surface area (Å²) in [7, 11) is 0.439. The summed E-state index contributed by atoms with van der Waals surface area (Å²) in [6, 6.07) is 15.2. The Morgan fingerprint density at radius 2 is 1.89 bits per heavy atom. The quantitative estimate of drug-likeness (QED) is 0.793. The van der Waals surface area contributed by atoms with E-state index in [2.05, 4.69) is 4.98 Å². The van der Waals surface area contributed by atoms with Gasteiger partial charge < -0.3 is 9.72 Å². The molecule has 0 aliphatic carbocycles. The number of hydrogen-bond donors (Lipinski definition) is 1. The van der Waals surface area contributed by atoms with Crippen molar-refractivity contribution in [2.24, 2.45) is 0 Å². The van der Waals surface area contributed by atoms with E-state index in [0.717, 1.165) is 26.4 Å². The van der Waals surface area contributed by atoms with Gasteiger partial charge in [-0.1, -0.05) is 18.2 Å². The highest BCUT2D eigenvalue weighted by Gasteiger charge is 2.12. The van der Waals surface area contributed by atoms with Crippen molar-refractivity contribution in [3.8, 4) is 5.75 Å². The Morgan fingerprint density at radius 1 is 1.11 bits per heavy atom. The molecule has 1 aromatic heterocycles. The first-order valence-electron chi connectivity index (χ1n) is 5.91. The number of rotatable bonds is 3. The second-order valence-electron chi connectivity index (χ2n) is 4.15. The van der Waals surface area contributed by atoms with E-state index in [0.29, 0.717) is 0 Å². The van der Waals surface area contributed by atoms with Crippen LogP contribution in [0.25, 0.3) is 10.9 Å². The number of fused-ring (bicyclic) bond motifs is 1. The van der Waals surface area contributed by atoms with Crippen molar-refractivity contribution in [2.75, 3.05) is 7.11 Å². The van der Waals surface area contributed by atoms with Gasteiger partial charge in [-0.3, -0.25) is 0 Å². The van der Waals surface area contributed by atoms with Crippen molar-refractivity contribution in [2.45, 2.75) is 9.79 Å². The van der Waals surface area contributed by atoms with E-state index in [9.17, 15) is 4.21 Å². The minimum atomic E-state index is -1.19. The van der Waals surface area contributed by atoms with Crippen molar-refractivity contribution >= 4 is 21.7 Å². The Labute approximate surface area is 113 Å². The average molecular weight is 271 g/mol. The number of hydrogen-bond acceptors (Lipinski definition) is 2. The zero-order valence-corrected chi connectivity index (χ0v) is 11.2. The van der Waals surface area contributed by atoms with E-state index in [1.165, 1.54) is 0 Å². The molecule has 0 aliphatic rings. The fourth-order valence-electron chi connectivity index (χ4n) is 2.03. The van der Waals surface area contributed by atoms with Crippen molar-refractivity contribution in [1.29, 1.82) is 0 Å². The van der Waals surface area contributed by atoms with Gasteiger partial charge in [0, 0.05) is 22.0 Å². The Balaban J connectivity index is 2.12. The summed E-state index contributed by atoms with van der Waals surface area (Å²) in [5, 5.41) is 0.932. The lowest BCUT2D eigenvalue weighted by molar-refractivity contribution is 0.415. The van der Waals surface area contributed by atoms with Gasteiger partial charge in [-0.15, -0.1) is 0 Å². The Kier molecular flexibility index (Phi) is 3.09. The van der Waals surface area contributed by atoms with Gasteiger partial charge in [-0.25, -0.2) is 4.21 Å². The first kappa shape index (κ1) is 12.0. The predicted molar refractivity (Wildman–Crippen MR) is 76.0 cm³/mol. The molecule has 0 radical (unpaired) electrons. The summed E-state index contributed by atoms with van der Waals surface area (Å²) in [6.45, 7) is 0. The van der Waals surface area contributed by atoms with Crippen LogP contribution in [0.4, 0.5) is 0 Å². The third-order valence-corrected chi connectivity index (χ3v) is 4.45. The number of nitrogens with one attached hydrogen (secondary N) is 1. The molecule has 3 nitrogen and oxygen atoms in total. The molecule has 0 aliphatic heterocycles. The molecular weight excluding hydrogens is 258 g/mol. The molecule has 1 N–H and O–H groups in total. The van der Waals surface area contributed by atoms with Crippen LogP contribution in [-0.2, 0) is 10.8 Å². The maximum Gasteiger partial charge on any atom is 0.119 e. The summed E-state index contributed by atoms with van der Waals surface area (Å²) in [5.74, 6) is 0.762. The largest absolute Gasteiger partial charge is 0.497 e. The topological polar surface area (TPSA) is 42.1 Å². The standard InChI is InChI=1S/C15H13NO2S/c1-18-11-7-8-14-13(9-11)15(10-16-14)19(17)12-5-3-2-4-6-12/h2-10,16H,1H3. The maximum atomic E-state index is 12.6. The summed E-state index contributed by atoms with van der Waals surface area (Å²) in [5.41, 5.74) is 0.958. The van der Waals surface area contributed by atoms with E-state index >= 15 is 0 Å². The van der Waals surface area contributed by atoms with Gasteiger partial charge in [0.25, 0.3) is 0 Å². The Morgan fingerprint density at radius 3 is 2.63 bits per heavy atom. The lowest BCUT2D eigenvalue weighted by Gasteiger charge is -2.02. The molecule has 0 spiro atoms. The lowest BCUT2D eigenvalue weighted by atomic mass is 10.2. The zero-order valence-electron chi connectivity index (χ0n) is 10.4. The van der Waals surface area contributed by atoms with Crippen LogP contribution < -0.4 is 4.74 Å². The fourth-order valence-corrected chi connectivity index (χ4v) is 3.22. The number of H-pyrrole nitrogens is 1. The van der Waals surface area contributed by atoms with Crippen LogP contribution in [0.3, 0.4) is 0 Å². The molecule has 4 heteroatoms. The van der Waals surface area contributed by atoms with Crippen LogP contribution in [0.2, 0.25) is 0 Å². The normalized spacial score (nSPS) is 12.5. The molecular formula is C15H13NO2S. The summed E-state index contributed by atoms with van der Waals surface area (Å²) < 4.78 is 17.8. The lowest BCUT2D eigenvalue weighted by Crippen LogP contribution is -1.91. The molecule has 96 valence electrons. The van der Waals surface area contributed by atoms with Crippen LogP contribution >= 0.6 is 0 Å². The predicted octanol–water partition coefficient (Wildman–Crippen LogP) is 3.34. The molecule has 3 aromatic rings. The fraction of sp³-hybridized carbons (Fsp3) is 0.0667. The highest BCUT2D eigenvalue weighted by molar-refractivity contribution is 7.85. The van der Waals surface area contributed by atoms with Crippen LogP contribution in [0.1, 0.15) is 0 Å². The first-order chi connectivity index (χ1) is 9.29. The van der Waals surface area contributed by atoms with Gasteiger partial charge in [0.05, 0.1) is 22.8 Å². The molecule has 0 amide bonds. The maximum absolute atomic E-state index is 12.6. The molecule has 19 heavy (non-hydrogen) atoms. The molecule has 2 aromatic carbocycles. The third-order valence-electron chi connectivity index (χ3n) is 3.01. The van der Waals surface area contributed by atoms with Crippen molar-refractivity contribution in [1.82, 2.24) is 4.98 Å². The van der Waals surface area contributed by atoms with Crippen molar-refractivity contribution in [3.05, 3.63) is 54.7 Å². The minimum Gasteiger partial charge on any atom is -0.497 e. The van der Waals surface area contributed by atoms with Crippen LogP contribution in [0, 0.1) is 0 Å². The first-order valence-corrected chi connectivity index (χ1v) is 7.06. The van der Waals surface area contributed by atoms with Crippen molar-refractivity contribution in [3.63, 3.8) is 0 Å². The molecule has 0 saturated heterocycles. The summed E-state index contributed by atoms with van der Waals surface area (Å²) in [4.78, 5) is 4.72. The van der Waals surface area contributed by atoms with Gasteiger partial charge in [0.2, 0.25) is 0 Å². The summed E-state index contributed by atoms with van der Waals surface area (Å²) >= 11 is 0. The number of benzene rings is 2. The molecule has 0 fully saturated rings. The highest BCUT2D eigenvalue weighted by atomic mass is 32.2. The highest BCUT2D eigenvalue weighted by Crippen LogP contribution is 2.28. The van der Waals surface area contributed by atoms with Crippen molar-refractivity contribution < 1.29 is 8.95 Å². The van der Waals surface area contributed by atoms with Gasteiger partial charge in [0.1, 0.15) is 5.75 Å². The average Bonchev–Trinajstić information content (AvgIpc) is 2.90. The monoisotopic (exact) mass is 271 g/mol. The summed E-state index contributed by atoms with van der Waals surface area (Å²) in [6.07, 6.45) is 1.80. The Bertz CT molecular complexity index is 734. The zero-order chi connectivity index (χ0) is 13.2.